The maximum atomic E-state index is 5.08. The maximum Gasteiger partial charge on any atom is 0.132 e. The molecule has 1 aliphatic carbocycles. The normalized spacial score (nSPS) is 29.3. The Hall–Kier alpha value is -1.57. The zero-order valence-corrected chi connectivity index (χ0v) is 15.1. The van der Waals surface area contributed by atoms with Crippen LogP contribution in [-0.4, -0.2) is 17.6 Å². The highest BCUT2D eigenvalue weighted by atomic mass is 15.3. The average molecular weight is 308 g/mol. The molecule has 122 valence electrons. The lowest BCUT2D eigenvalue weighted by atomic mass is 9.65. The molecule has 2 unspecified atom stereocenters. The molecule has 2 atom stereocenters. The molecular weight excluding hydrogens is 280 g/mol. The van der Waals surface area contributed by atoms with E-state index in [9.17, 15) is 0 Å². The Morgan fingerprint density at radius 3 is 2.65 bits per heavy atom. The van der Waals surface area contributed by atoms with E-state index >= 15 is 0 Å². The second kappa shape index (κ2) is 4.72. The Bertz CT molecular complexity index is 777. The summed E-state index contributed by atoms with van der Waals surface area (Å²) in [6, 6.07) is 9.55. The van der Waals surface area contributed by atoms with Gasteiger partial charge >= 0.3 is 0 Å². The number of benzene rings is 1. The topological polar surface area (TPSA) is 16.1 Å². The molecule has 23 heavy (non-hydrogen) atoms. The number of rotatable bonds is 1. The summed E-state index contributed by atoms with van der Waals surface area (Å²) in [5, 5.41) is 1.26. The van der Waals surface area contributed by atoms with Gasteiger partial charge in [0.05, 0.1) is 5.52 Å². The van der Waals surface area contributed by atoms with Crippen molar-refractivity contribution in [1.29, 1.82) is 0 Å². The highest BCUT2D eigenvalue weighted by Crippen LogP contribution is 2.53. The zero-order valence-electron chi connectivity index (χ0n) is 15.1. The number of nitrogens with zero attached hydrogens (tertiary/aromatic N) is 2. The van der Waals surface area contributed by atoms with Gasteiger partial charge in [-0.15, -0.1) is 0 Å². The van der Waals surface area contributed by atoms with Crippen molar-refractivity contribution < 1.29 is 0 Å². The van der Waals surface area contributed by atoms with Crippen molar-refractivity contribution in [3.8, 4) is 0 Å². The van der Waals surface area contributed by atoms with Crippen LogP contribution in [0, 0.1) is 24.7 Å². The quantitative estimate of drug-likeness (QED) is 0.714. The third-order valence-corrected chi connectivity index (χ3v) is 5.82. The first-order valence-electron chi connectivity index (χ1n) is 8.89. The first-order valence-corrected chi connectivity index (χ1v) is 8.89. The Kier molecular flexibility index (Phi) is 3.07. The minimum absolute atomic E-state index is 0.447. The fraction of sp³-hybridized carbons (Fsp3) is 0.571. The van der Waals surface area contributed by atoms with Crippen LogP contribution in [0.5, 0.6) is 0 Å². The second-order valence-corrected chi connectivity index (χ2v) is 9.17. The monoisotopic (exact) mass is 308 g/mol. The Labute approximate surface area is 139 Å². The molecule has 2 aliphatic rings. The summed E-state index contributed by atoms with van der Waals surface area (Å²) in [6.45, 7) is 12.9. The molecule has 2 fully saturated rings. The molecule has 0 N–H and O–H groups in total. The van der Waals surface area contributed by atoms with E-state index in [2.05, 4.69) is 63.8 Å². The van der Waals surface area contributed by atoms with E-state index < -0.39 is 0 Å². The number of hydrogen-bond acceptors (Lipinski definition) is 2. The van der Waals surface area contributed by atoms with E-state index in [1.807, 2.05) is 0 Å². The Morgan fingerprint density at radius 1 is 1.09 bits per heavy atom. The number of pyridine rings is 1. The molecule has 1 aromatic heterocycles. The van der Waals surface area contributed by atoms with Gasteiger partial charge in [0.15, 0.2) is 0 Å². The summed E-state index contributed by atoms with van der Waals surface area (Å²) in [5.74, 6) is 1.22. The highest BCUT2D eigenvalue weighted by Gasteiger charge is 2.50. The summed E-state index contributed by atoms with van der Waals surface area (Å²) in [6.07, 6.45) is 3.94. The van der Waals surface area contributed by atoms with Crippen molar-refractivity contribution in [2.24, 2.45) is 10.8 Å². The summed E-state index contributed by atoms with van der Waals surface area (Å²) in [7, 11) is 0. The van der Waals surface area contributed by atoms with Crippen LogP contribution >= 0.6 is 0 Å². The summed E-state index contributed by atoms with van der Waals surface area (Å²) < 4.78 is 0. The Balaban J connectivity index is 1.79. The lowest BCUT2D eigenvalue weighted by Gasteiger charge is -2.39. The second-order valence-electron chi connectivity index (χ2n) is 9.17. The van der Waals surface area contributed by atoms with Crippen LogP contribution in [0.3, 0.4) is 0 Å². The molecule has 0 spiro atoms. The van der Waals surface area contributed by atoms with Crippen molar-refractivity contribution in [3.05, 3.63) is 35.4 Å². The summed E-state index contributed by atoms with van der Waals surface area (Å²) >= 11 is 0. The van der Waals surface area contributed by atoms with E-state index in [-0.39, 0.29) is 0 Å². The van der Waals surface area contributed by atoms with Crippen molar-refractivity contribution in [2.45, 2.75) is 59.9 Å². The van der Waals surface area contributed by atoms with Gasteiger partial charge in [-0.25, -0.2) is 4.98 Å². The van der Waals surface area contributed by atoms with Gasteiger partial charge in [0.2, 0.25) is 0 Å². The van der Waals surface area contributed by atoms with Crippen LogP contribution < -0.4 is 4.90 Å². The smallest absolute Gasteiger partial charge is 0.132 e. The fourth-order valence-electron chi connectivity index (χ4n) is 5.37. The van der Waals surface area contributed by atoms with Gasteiger partial charge in [0, 0.05) is 18.0 Å². The number of hydrogen-bond donors (Lipinski definition) is 0. The molecule has 2 heteroatoms. The lowest BCUT2D eigenvalue weighted by Crippen LogP contribution is -2.35. The molecular formula is C21H28N2. The van der Waals surface area contributed by atoms with Crippen LogP contribution in [0.4, 0.5) is 5.82 Å². The van der Waals surface area contributed by atoms with E-state index in [4.69, 9.17) is 4.98 Å². The van der Waals surface area contributed by atoms with Crippen molar-refractivity contribution in [1.82, 2.24) is 4.98 Å². The minimum atomic E-state index is 0.447. The molecule has 1 aliphatic heterocycles. The van der Waals surface area contributed by atoms with E-state index in [1.54, 1.807) is 0 Å². The largest absolute Gasteiger partial charge is 0.353 e. The molecule has 2 nitrogen and oxygen atoms in total. The molecule has 0 amide bonds. The first-order chi connectivity index (χ1) is 10.7. The van der Waals surface area contributed by atoms with E-state index in [1.165, 1.54) is 41.6 Å². The number of anilines is 1. The fourth-order valence-corrected chi connectivity index (χ4v) is 5.37. The molecule has 1 saturated heterocycles. The van der Waals surface area contributed by atoms with Crippen LogP contribution in [-0.2, 0) is 0 Å². The van der Waals surface area contributed by atoms with Gasteiger partial charge < -0.3 is 4.90 Å². The van der Waals surface area contributed by atoms with Gasteiger partial charge in [0.25, 0.3) is 0 Å². The van der Waals surface area contributed by atoms with E-state index in [0.29, 0.717) is 16.9 Å². The third kappa shape index (κ3) is 2.52. The standard InChI is InChI=1S/C21H28N2/c1-14-6-7-16-9-15(2)19(22-18(16)8-14)23-13-21(5)11-17(23)10-20(3,4)12-21/h6-9,17H,10-13H2,1-5H3. The van der Waals surface area contributed by atoms with Gasteiger partial charge in [0.1, 0.15) is 5.82 Å². The predicted octanol–water partition coefficient (Wildman–Crippen LogP) is 5.26. The van der Waals surface area contributed by atoms with Gasteiger partial charge in [-0.1, -0.05) is 32.9 Å². The molecule has 2 heterocycles. The zero-order chi connectivity index (χ0) is 16.4. The third-order valence-electron chi connectivity index (χ3n) is 5.82. The van der Waals surface area contributed by atoms with Crippen LogP contribution in [0.15, 0.2) is 24.3 Å². The number of aromatic nitrogens is 1. The maximum absolute atomic E-state index is 5.08. The van der Waals surface area contributed by atoms with Gasteiger partial charge in [-0.3, -0.25) is 0 Å². The lowest BCUT2D eigenvalue weighted by molar-refractivity contribution is 0.136. The molecule has 2 bridgehead atoms. The SMILES string of the molecule is Cc1ccc2cc(C)c(N3CC4(C)CC3CC(C)(C)C4)nc2c1. The molecule has 4 rings (SSSR count). The summed E-state index contributed by atoms with van der Waals surface area (Å²) in [5.41, 5.74) is 4.63. The highest BCUT2D eigenvalue weighted by molar-refractivity contribution is 5.82. The first kappa shape index (κ1) is 15.0. The molecule has 1 saturated carbocycles. The molecule has 0 radical (unpaired) electrons. The van der Waals surface area contributed by atoms with Gasteiger partial charge in [-0.2, -0.15) is 0 Å². The van der Waals surface area contributed by atoms with Crippen molar-refractivity contribution in [3.63, 3.8) is 0 Å². The predicted molar refractivity (Wildman–Crippen MR) is 98.1 cm³/mol. The summed E-state index contributed by atoms with van der Waals surface area (Å²) in [4.78, 5) is 7.70. The number of aryl methyl sites for hydroxylation is 2. The van der Waals surface area contributed by atoms with Crippen LogP contribution in [0.2, 0.25) is 0 Å². The van der Waals surface area contributed by atoms with Crippen LogP contribution in [0.25, 0.3) is 10.9 Å². The number of fused-ring (bicyclic) bond motifs is 3. The van der Waals surface area contributed by atoms with Crippen LogP contribution in [0.1, 0.15) is 51.2 Å². The minimum Gasteiger partial charge on any atom is -0.353 e. The molecule has 1 aromatic carbocycles. The Morgan fingerprint density at radius 2 is 1.87 bits per heavy atom. The average Bonchev–Trinajstić information content (AvgIpc) is 2.67. The van der Waals surface area contributed by atoms with E-state index in [0.717, 1.165) is 12.1 Å². The van der Waals surface area contributed by atoms with Gasteiger partial charge in [-0.05, 0) is 67.2 Å². The molecule has 2 aromatic rings. The van der Waals surface area contributed by atoms with Crippen molar-refractivity contribution >= 4 is 16.7 Å². The van der Waals surface area contributed by atoms with Crippen molar-refractivity contribution in [2.75, 3.05) is 11.4 Å².